The molecule has 1 aromatic rings. The van der Waals surface area contributed by atoms with Gasteiger partial charge in [0.25, 0.3) is 0 Å². The van der Waals surface area contributed by atoms with Crippen LogP contribution in [-0.4, -0.2) is 5.24 Å². The van der Waals surface area contributed by atoms with Crippen LogP contribution in [0.2, 0.25) is 0 Å². The van der Waals surface area contributed by atoms with Crippen molar-refractivity contribution in [1.29, 1.82) is 0 Å². The van der Waals surface area contributed by atoms with Crippen molar-refractivity contribution >= 4 is 17.5 Å². The van der Waals surface area contributed by atoms with E-state index in [9.17, 15) is 5.11 Å². The van der Waals surface area contributed by atoms with E-state index < -0.39 is 5.24 Å². The Kier molecular flexibility index (Phi) is 2.44. The lowest BCUT2D eigenvalue weighted by Gasteiger charge is -1.98. The topological polar surface area (TPSA) is 29.1 Å². The summed E-state index contributed by atoms with van der Waals surface area (Å²) in [6.07, 6.45) is 0. The van der Waals surface area contributed by atoms with Crippen molar-refractivity contribution in [3.8, 4) is 5.75 Å². The Hall–Kier alpha value is -1.09. The van der Waals surface area contributed by atoms with E-state index in [4.69, 9.17) is 0 Å². The summed E-state index contributed by atoms with van der Waals surface area (Å²) in [6.45, 7) is 1.96. The second-order valence-electron chi connectivity index (χ2n) is 2.17. The van der Waals surface area contributed by atoms with Gasteiger partial charge in [-0.1, -0.05) is 17.7 Å². The van der Waals surface area contributed by atoms with E-state index in [1.807, 2.05) is 19.1 Å². The van der Waals surface area contributed by atoms with E-state index >= 15 is 0 Å². The van der Waals surface area contributed by atoms with Gasteiger partial charge in [-0.2, -0.15) is 0 Å². The molecule has 0 spiro atoms. The molecule has 0 saturated carbocycles. The molecule has 0 bridgehead atoms. The lowest BCUT2D eigenvalue weighted by Crippen LogP contribution is -2.00. The van der Waals surface area contributed by atoms with Gasteiger partial charge >= 0.3 is 5.24 Å². The van der Waals surface area contributed by atoms with Gasteiger partial charge in [-0.05, 0) is 19.1 Å². The highest BCUT2D eigenvalue weighted by atomic mass is 32.1. The summed E-state index contributed by atoms with van der Waals surface area (Å²) < 4.78 is 4.65. The highest BCUT2D eigenvalue weighted by molar-refractivity contribution is 7.79. The summed E-state index contributed by atoms with van der Waals surface area (Å²) >= 11 is 4.23. The van der Waals surface area contributed by atoms with Gasteiger partial charge in [-0.25, -0.2) is 5.11 Å². The van der Waals surface area contributed by atoms with Crippen molar-refractivity contribution in [2.75, 3.05) is 0 Å². The number of aryl methyl sites for hydroxylation is 1. The molecule has 2 nitrogen and oxygen atoms in total. The zero-order chi connectivity index (χ0) is 8.27. The van der Waals surface area contributed by atoms with Gasteiger partial charge in [0, 0.05) is 12.2 Å². The van der Waals surface area contributed by atoms with Gasteiger partial charge in [0.2, 0.25) is 0 Å². The third kappa shape index (κ3) is 2.55. The SMILES string of the molecule is Cc1ccc(OC([O])=S)cc1. The number of hydrogen-bond acceptors (Lipinski definition) is 2. The van der Waals surface area contributed by atoms with E-state index in [-0.39, 0.29) is 0 Å². The van der Waals surface area contributed by atoms with Crippen LogP contribution in [0.3, 0.4) is 0 Å². The molecule has 0 heterocycles. The summed E-state index contributed by atoms with van der Waals surface area (Å²) in [5, 5.41) is 9.59. The second-order valence-corrected chi connectivity index (χ2v) is 2.50. The highest BCUT2D eigenvalue weighted by Crippen LogP contribution is 2.11. The standard InChI is InChI=1S/C8H7O2S/c1-6-2-4-7(5-3-6)10-8(9)11/h2-5H,1H3. The fraction of sp³-hybridized carbons (Fsp3) is 0.125. The molecule has 3 heteroatoms. The van der Waals surface area contributed by atoms with Crippen molar-refractivity contribution in [2.45, 2.75) is 6.92 Å². The first-order valence-corrected chi connectivity index (χ1v) is 3.55. The Morgan fingerprint density at radius 1 is 1.36 bits per heavy atom. The number of benzene rings is 1. The Bertz CT molecular complexity index is 253. The normalized spacial score (nSPS) is 9.18. The molecule has 0 aliphatic carbocycles. The Morgan fingerprint density at radius 3 is 2.36 bits per heavy atom. The van der Waals surface area contributed by atoms with E-state index in [0.717, 1.165) is 5.56 Å². The summed E-state index contributed by atoms with van der Waals surface area (Å²) in [7, 11) is 0. The van der Waals surface area contributed by atoms with E-state index in [1.165, 1.54) is 0 Å². The lowest BCUT2D eigenvalue weighted by molar-refractivity contribution is 0.322. The van der Waals surface area contributed by atoms with Crippen molar-refractivity contribution in [2.24, 2.45) is 0 Å². The van der Waals surface area contributed by atoms with Gasteiger partial charge in [-0.15, -0.1) is 0 Å². The van der Waals surface area contributed by atoms with Gasteiger partial charge in [-0.3, -0.25) is 0 Å². The van der Waals surface area contributed by atoms with Crippen molar-refractivity contribution in [3.63, 3.8) is 0 Å². The van der Waals surface area contributed by atoms with Crippen molar-refractivity contribution < 1.29 is 9.84 Å². The zero-order valence-electron chi connectivity index (χ0n) is 6.03. The number of rotatable bonds is 1. The molecule has 1 radical (unpaired) electrons. The van der Waals surface area contributed by atoms with Crippen LogP contribution >= 0.6 is 12.2 Å². The molecule has 1 rings (SSSR count). The average molecular weight is 167 g/mol. The minimum atomic E-state index is -0.700. The summed E-state index contributed by atoms with van der Waals surface area (Å²) in [5.74, 6) is 0.496. The second kappa shape index (κ2) is 3.34. The predicted molar refractivity (Wildman–Crippen MR) is 45.1 cm³/mol. The third-order valence-electron chi connectivity index (χ3n) is 1.22. The number of ether oxygens (including phenoxy) is 1. The minimum Gasteiger partial charge on any atom is -0.415 e. The maximum Gasteiger partial charge on any atom is 0.405 e. The maximum absolute atomic E-state index is 10.3. The largest absolute Gasteiger partial charge is 0.415 e. The molecule has 0 N–H and O–H groups in total. The molecule has 0 amide bonds. The maximum atomic E-state index is 10.3. The molecule has 0 aromatic heterocycles. The first-order valence-electron chi connectivity index (χ1n) is 3.14. The van der Waals surface area contributed by atoms with Crippen LogP contribution in [0.25, 0.3) is 0 Å². The molecule has 0 atom stereocenters. The lowest BCUT2D eigenvalue weighted by atomic mass is 10.2. The molecular formula is C8H7O2S. The number of hydrogen-bond donors (Lipinski definition) is 0. The first kappa shape index (κ1) is 8.01. The van der Waals surface area contributed by atoms with E-state index in [2.05, 4.69) is 17.0 Å². The molecule has 11 heavy (non-hydrogen) atoms. The molecule has 0 aliphatic rings. The first-order chi connectivity index (χ1) is 5.18. The van der Waals surface area contributed by atoms with Gasteiger partial charge < -0.3 is 4.74 Å². The average Bonchev–Trinajstić information content (AvgIpc) is 1.93. The minimum absolute atomic E-state index is 0.496. The van der Waals surface area contributed by atoms with Gasteiger partial charge in [0.05, 0.1) is 0 Å². The van der Waals surface area contributed by atoms with E-state index in [0.29, 0.717) is 5.75 Å². The van der Waals surface area contributed by atoms with Crippen LogP contribution in [0.4, 0.5) is 0 Å². The summed E-state index contributed by atoms with van der Waals surface area (Å²) in [4.78, 5) is 0. The molecular weight excluding hydrogens is 160 g/mol. The fourth-order valence-electron chi connectivity index (χ4n) is 0.703. The molecule has 0 fully saturated rings. The zero-order valence-corrected chi connectivity index (χ0v) is 6.85. The highest BCUT2D eigenvalue weighted by Gasteiger charge is 1.96. The van der Waals surface area contributed by atoms with Crippen LogP contribution in [0, 0.1) is 6.92 Å². The van der Waals surface area contributed by atoms with Crippen LogP contribution in [0.5, 0.6) is 5.75 Å². The van der Waals surface area contributed by atoms with Crippen LogP contribution in [-0.2, 0) is 5.11 Å². The quantitative estimate of drug-likeness (QED) is 0.599. The number of thiocarbonyl (C=S) groups is 1. The summed E-state index contributed by atoms with van der Waals surface area (Å²) in [6, 6.07) is 7.13. The van der Waals surface area contributed by atoms with Crippen molar-refractivity contribution in [3.05, 3.63) is 29.8 Å². The smallest absolute Gasteiger partial charge is 0.405 e. The third-order valence-corrected chi connectivity index (χ3v) is 1.31. The fourth-order valence-corrected chi connectivity index (χ4v) is 0.799. The molecule has 0 aliphatic heterocycles. The van der Waals surface area contributed by atoms with Crippen LogP contribution in [0.15, 0.2) is 24.3 Å². The molecule has 1 aromatic carbocycles. The Morgan fingerprint density at radius 2 is 1.91 bits per heavy atom. The molecule has 57 valence electrons. The van der Waals surface area contributed by atoms with Gasteiger partial charge in [0.15, 0.2) is 0 Å². The Balaban J connectivity index is 2.74. The molecule has 0 saturated heterocycles. The van der Waals surface area contributed by atoms with Gasteiger partial charge in [0.1, 0.15) is 5.75 Å². The van der Waals surface area contributed by atoms with Crippen molar-refractivity contribution in [1.82, 2.24) is 0 Å². The van der Waals surface area contributed by atoms with Crippen LogP contribution in [0.1, 0.15) is 5.56 Å². The van der Waals surface area contributed by atoms with E-state index in [1.54, 1.807) is 12.1 Å². The van der Waals surface area contributed by atoms with Crippen LogP contribution < -0.4 is 4.74 Å². The predicted octanol–water partition coefficient (Wildman–Crippen LogP) is 2.09. The Labute approximate surface area is 70.4 Å². The molecule has 0 unspecified atom stereocenters. The monoisotopic (exact) mass is 167 g/mol. The summed E-state index contributed by atoms with van der Waals surface area (Å²) in [5.41, 5.74) is 1.12.